The lowest BCUT2D eigenvalue weighted by Gasteiger charge is -2.36. The second kappa shape index (κ2) is 7.15. The molecule has 0 unspecified atom stereocenters. The molecule has 0 spiro atoms. The zero-order valence-corrected chi connectivity index (χ0v) is 15.3. The van der Waals surface area contributed by atoms with Gasteiger partial charge in [-0.3, -0.25) is 4.98 Å². The fourth-order valence-corrected chi connectivity index (χ4v) is 2.71. The molecular formula is C18H24N6O2. The summed E-state index contributed by atoms with van der Waals surface area (Å²) in [5, 5.41) is 0. The Bertz CT molecular complexity index is 767. The maximum atomic E-state index is 12.2. The molecule has 1 aliphatic heterocycles. The van der Waals surface area contributed by atoms with Gasteiger partial charge < -0.3 is 20.3 Å². The van der Waals surface area contributed by atoms with E-state index in [4.69, 9.17) is 10.5 Å². The molecule has 0 aromatic carbocycles. The summed E-state index contributed by atoms with van der Waals surface area (Å²) in [7, 11) is 0. The maximum absolute atomic E-state index is 12.2. The quantitative estimate of drug-likeness (QED) is 0.880. The highest BCUT2D eigenvalue weighted by molar-refractivity contribution is 5.69. The molecule has 1 aliphatic rings. The lowest BCUT2D eigenvalue weighted by molar-refractivity contribution is 0.0240. The van der Waals surface area contributed by atoms with Crippen molar-refractivity contribution in [2.45, 2.75) is 26.4 Å². The summed E-state index contributed by atoms with van der Waals surface area (Å²) in [4.78, 5) is 28.9. The van der Waals surface area contributed by atoms with E-state index in [1.165, 1.54) is 0 Å². The van der Waals surface area contributed by atoms with E-state index in [0.29, 0.717) is 37.8 Å². The van der Waals surface area contributed by atoms with Gasteiger partial charge in [0.2, 0.25) is 0 Å². The summed E-state index contributed by atoms with van der Waals surface area (Å²) in [5.74, 6) is 1.02. The molecule has 8 heteroatoms. The van der Waals surface area contributed by atoms with Crippen LogP contribution >= 0.6 is 0 Å². The highest BCUT2D eigenvalue weighted by Gasteiger charge is 2.27. The van der Waals surface area contributed by atoms with Crippen LogP contribution in [0.2, 0.25) is 0 Å². The lowest BCUT2D eigenvalue weighted by Crippen LogP contribution is -2.50. The number of anilines is 2. The Kier molecular flexibility index (Phi) is 4.92. The van der Waals surface area contributed by atoms with E-state index < -0.39 is 5.60 Å². The highest BCUT2D eigenvalue weighted by Crippen LogP contribution is 2.24. The highest BCUT2D eigenvalue weighted by atomic mass is 16.6. The predicted octanol–water partition coefficient (Wildman–Crippen LogP) is 2.18. The summed E-state index contributed by atoms with van der Waals surface area (Å²) >= 11 is 0. The number of hydrogen-bond donors (Lipinski definition) is 1. The van der Waals surface area contributed by atoms with Crippen molar-refractivity contribution in [2.24, 2.45) is 0 Å². The number of piperazine rings is 1. The maximum Gasteiger partial charge on any atom is 0.410 e. The van der Waals surface area contributed by atoms with Gasteiger partial charge in [0.15, 0.2) is 11.6 Å². The number of ether oxygens (including phenoxy) is 1. The Morgan fingerprint density at radius 2 is 1.81 bits per heavy atom. The largest absolute Gasteiger partial charge is 0.444 e. The summed E-state index contributed by atoms with van der Waals surface area (Å²) < 4.78 is 5.43. The molecule has 0 aliphatic carbocycles. The van der Waals surface area contributed by atoms with E-state index in [1.807, 2.05) is 37.8 Å². The smallest absolute Gasteiger partial charge is 0.410 e. The van der Waals surface area contributed by atoms with Crippen molar-refractivity contribution in [1.29, 1.82) is 0 Å². The van der Waals surface area contributed by atoms with Crippen molar-refractivity contribution >= 4 is 17.7 Å². The standard InChI is InChI=1S/C18H24N6O2/c1-18(2,3)26-17(25)24-10-8-23(9-11-24)16-15(19)21-12-14(22-16)13-4-6-20-7-5-13/h4-7,12H,8-11H2,1-3H3,(H2,19,21). The van der Waals surface area contributed by atoms with E-state index in [0.717, 1.165) is 11.3 Å². The average molecular weight is 356 g/mol. The van der Waals surface area contributed by atoms with Crippen LogP contribution in [0.3, 0.4) is 0 Å². The molecule has 1 fully saturated rings. The fourth-order valence-electron chi connectivity index (χ4n) is 2.71. The average Bonchev–Trinajstić information content (AvgIpc) is 2.62. The van der Waals surface area contributed by atoms with Crippen LogP contribution in [0.4, 0.5) is 16.4 Å². The van der Waals surface area contributed by atoms with Gasteiger partial charge >= 0.3 is 6.09 Å². The molecule has 1 saturated heterocycles. The number of aromatic nitrogens is 3. The second-order valence-corrected chi connectivity index (χ2v) is 7.15. The van der Waals surface area contributed by atoms with Gasteiger partial charge in [-0.2, -0.15) is 0 Å². The first kappa shape index (κ1) is 17.9. The number of pyridine rings is 1. The van der Waals surface area contributed by atoms with Gasteiger partial charge in [-0.15, -0.1) is 0 Å². The molecule has 3 heterocycles. The molecular weight excluding hydrogens is 332 g/mol. The van der Waals surface area contributed by atoms with E-state index in [9.17, 15) is 4.79 Å². The van der Waals surface area contributed by atoms with Crippen LogP contribution in [0.1, 0.15) is 20.8 Å². The number of rotatable bonds is 2. The first-order valence-electron chi connectivity index (χ1n) is 8.59. The normalized spacial score (nSPS) is 15.0. The van der Waals surface area contributed by atoms with Crippen molar-refractivity contribution in [3.05, 3.63) is 30.7 Å². The van der Waals surface area contributed by atoms with Crippen molar-refractivity contribution in [2.75, 3.05) is 36.8 Å². The number of carbonyl (C=O) groups is 1. The molecule has 8 nitrogen and oxygen atoms in total. The van der Waals surface area contributed by atoms with E-state index in [2.05, 4.69) is 15.0 Å². The number of hydrogen-bond acceptors (Lipinski definition) is 7. The van der Waals surface area contributed by atoms with Gasteiger partial charge in [-0.25, -0.2) is 14.8 Å². The van der Waals surface area contributed by atoms with Crippen LogP contribution in [0.25, 0.3) is 11.3 Å². The molecule has 0 bridgehead atoms. The van der Waals surface area contributed by atoms with Crippen molar-refractivity contribution in [3.8, 4) is 11.3 Å². The summed E-state index contributed by atoms with van der Waals surface area (Å²) in [6.07, 6.45) is 4.80. The molecule has 0 saturated carbocycles. The lowest BCUT2D eigenvalue weighted by atomic mass is 10.2. The fraction of sp³-hybridized carbons (Fsp3) is 0.444. The minimum Gasteiger partial charge on any atom is -0.444 e. The molecule has 2 N–H and O–H groups in total. The van der Waals surface area contributed by atoms with E-state index in [1.54, 1.807) is 23.5 Å². The topological polar surface area (TPSA) is 97.5 Å². The Morgan fingerprint density at radius 3 is 2.42 bits per heavy atom. The van der Waals surface area contributed by atoms with Gasteiger partial charge in [-0.05, 0) is 32.9 Å². The zero-order valence-electron chi connectivity index (χ0n) is 15.3. The minimum atomic E-state index is -0.497. The van der Waals surface area contributed by atoms with E-state index >= 15 is 0 Å². The van der Waals surface area contributed by atoms with Gasteiger partial charge in [0, 0.05) is 44.1 Å². The van der Waals surface area contributed by atoms with Crippen LogP contribution < -0.4 is 10.6 Å². The Morgan fingerprint density at radius 1 is 1.15 bits per heavy atom. The monoisotopic (exact) mass is 356 g/mol. The van der Waals surface area contributed by atoms with Crippen molar-refractivity contribution in [3.63, 3.8) is 0 Å². The molecule has 138 valence electrons. The summed E-state index contributed by atoms with van der Waals surface area (Å²) in [6, 6.07) is 3.76. The van der Waals surface area contributed by atoms with Crippen LogP contribution in [0, 0.1) is 0 Å². The number of nitrogen functional groups attached to an aromatic ring is 1. The molecule has 0 atom stereocenters. The first-order chi connectivity index (χ1) is 12.3. The SMILES string of the molecule is CC(C)(C)OC(=O)N1CCN(c2nc(-c3ccncc3)cnc2N)CC1. The number of amides is 1. The van der Waals surface area contributed by atoms with E-state index in [-0.39, 0.29) is 6.09 Å². The number of carbonyl (C=O) groups excluding carboxylic acids is 1. The zero-order chi connectivity index (χ0) is 18.7. The Labute approximate surface area is 153 Å². The summed E-state index contributed by atoms with van der Waals surface area (Å²) in [5.41, 5.74) is 7.22. The second-order valence-electron chi connectivity index (χ2n) is 7.15. The Hall–Kier alpha value is -2.90. The third-order valence-corrected chi connectivity index (χ3v) is 3.99. The first-order valence-corrected chi connectivity index (χ1v) is 8.59. The number of nitrogens with zero attached hydrogens (tertiary/aromatic N) is 5. The molecule has 1 amide bonds. The van der Waals surface area contributed by atoms with Crippen molar-refractivity contribution in [1.82, 2.24) is 19.9 Å². The molecule has 0 radical (unpaired) electrons. The van der Waals surface area contributed by atoms with Crippen LogP contribution in [0.15, 0.2) is 30.7 Å². The van der Waals surface area contributed by atoms with Gasteiger partial charge in [0.1, 0.15) is 5.60 Å². The predicted molar refractivity (Wildman–Crippen MR) is 99.7 cm³/mol. The van der Waals surface area contributed by atoms with Crippen LogP contribution in [-0.2, 0) is 4.74 Å². The Balaban J connectivity index is 1.71. The molecule has 2 aromatic rings. The third kappa shape index (κ3) is 4.19. The molecule has 2 aromatic heterocycles. The van der Waals surface area contributed by atoms with Crippen molar-refractivity contribution < 1.29 is 9.53 Å². The van der Waals surface area contributed by atoms with Gasteiger partial charge in [0.25, 0.3) is 0 Å². The van der Waals surface area contributed by atoms with Crippen LogP contribution in [-0.4, -0.2) is 57.7 Å². The molecule has 3 rings (SSSR count). The summed E-state index contributed by atoms with van der Waals surface area (Å²) in [6.45, 7) is 7.94. The minimum absolute atomic E-state index is 0.290. The van der Waals surface area contributed by atoms with Gasteiger partial charge in [-0.1, -0.05) is 0 Å². The van der Waals surface area contributed by atoms with Crippen LogP contribution in [0.5, 0.6) is 0 Å². The molecule has 26 heavy (non-hydrogen) atoms. The van der Waals surface area contributed by atoms with Gasteiger partial charge in [0.05, 0.1) is 11.9 Å². The third-order valence-electron chi connectivity index (χ3n) is 3.99. The number of nitrogens with two attached hydrogens (primary N) is 1.